The molecule has 2 fully saturated rings. The van der Waals surface area contributed by atoms with Gasteiger partial charge in [0, 0.05) is 24.7 Å². The van der Waals surface area contributed by atoms with Crippen molar-refractivity contribution in [3.05, 3.63) is 35.9 Å². The molecule has 0 spiro atoms. The second-order valence-electron chi connectivity index (χ2n) is 9.35. The first-order valence-corrected chi connectivity index (χ1v) is 14.3. The first-order chi connectivity index (χ1) is 14.6. The molecule has 8 heteroatoms. The average Bonchev–Trinajstić information content (AvgIpc) is 3.00. The fourth-order valence-electron chi connectivity index (χ4n) is 4.70. The Hall–Kier alpha value is -0.800. The minimum Gasteiger partial charge on any atom is -0.329 e. The lowest BCUT2D eigenvalue weighted by Crippen LogP contribution is -2.53. The maximum Gasteiger partial charge on any atom is 0.215 e. The number of sulfonamides is 1. The summed E-state index contributed by atoms with van der Waals surface area (Å²) >= 11 is 0. The molecule has 2 heterocycles. The Kier molecular flexibility index (Phi) is 9.70. The Labute approximate surface area is 192 Å². The van der Waals surface area contributed by atoms with Gasteiger partial charge >= 0.3 is 0 Å². The Morgan fingerprint density at radius 1 is 1.13 bits per heavy atom. The van der Waals surface area contributed by atoms with E-state index in [4.69, 9.17) is 5.73 Å². The predicted octanol–water partition coefficient (Wildman–Crippen LogP) is 3.21. The molecule has 0 aromatic heterocycles. The van der Waals surface area contributed by atoms with E-state index in [9.17, 15) is 12.6 Å². The SMILES string of the molecule is CC.CC(C)(C)[S@](=O)N[C@@H](Cc1ccccc1)C1C[C@H]2CC[C@@H](C1)N2S(=O)(=O)CCN. The molecule has 178 valence electrons. The third kappa shape index (κ3) is 6.84. The number of benzene rings is 1. The van der Waals surface area contributed by atoms with Gasteiger partial charge < -0.3 is 5.73 Å². The summed E-state index contributed by atoms with van der Waals surface area (Å²) in [5.74, 6) is 0.313. The summed E-state index contributed by atoms with van der Waals surface area (Å²) in [5.41, 5.74) is 6.75. The first kappa shape index (κ1) is 26.5. The third-order valence-corrected chi connectivity index (χ3v) is 9.70. The summed E-state index contributed by atoms with van der Waals surface area (Å²) in [6, 6.07) is 10.4. The van der Waals surface area contributed by atoms with Crippen LogP contribution in [0.1, 0.15) is 65.9 Å². The Morgan fingerprint density at radius 3 is 2.16 bits per heavy atom. The van der Waals surface area contributed by atoms with Crippen LogP contribution in [0.5, 0.6) is 0 Å². The van der Waals surface area contributed by atoms with Crippen molar-refractivity contribution in [2.75, 3.05) is 12.3 Å². The standard InChI is InChI=1S/C21H35N3O3S2.C2H6/c1-21(2,3)28(25)23-20(13-16-7-5-4-6-8-16)17-14-18-9-10-19(15-17)24(18)29(26,27)12-11-22;1-2/h4-8,17-20,23H,9-15,22H2,1-3H3;1-2H3/t17?,18-,19+,20-,28-;/m0./s1. The van der Waals surface area contributed by atoms with Gasteiger partial charge in [-0.2, -0.15) is 4.31 Å². The quantitative estimate of drug-likeness (QED) is 0.609. The van der Waals surface area contributed by atoms with Crippen LogP contribution in [0.15, 0.2) is 30.3 Å². The molecule has 2 bridgehead atoms. The van der Waals surface area contributed by atoms with Crippen molar-refractivity contribution < 1.29 is 12.6 Å². The van der Waals surface area contributed by atoms with Crippen LogP contribution < -0.4 is 10.5 Å². The van der Waals surface area contributed by atoms with E-state index in [0.717, 1.165) is 32.1 Å². The fourth-order valence-corrected chi connectivity index (χ4v) is 7.40. The molecule has 1 aromatic carbocycles. The second kappa shape index (κ2) is 11.4. The monoisotopic (exact) mass is 471 g/mol. The van der Waals surface area contributed by atoms with Crippen molar-refractivity contribution in [2.45, 2.75) is 89.6 Å². The van der Waals surface area contributed by atoms with E-state index in [2.05, 4.69) is 16.9 Å². The summed E-state index contributed by atoms with van der Waals surface area (Å²) < 4.78 is 43.1. The molecule has 0 aliphatic carbocycles. The number of rotatable bonds is 8. The second-order valence-corrected chi connectivity index (χ2v) is 13.3. The van der Waals surface area contributed by atoms with Crippen LogP contribution in [0.2, 0.25) is 0 Å². The Morgan fingerprint density at radius 2 is 1.68 bits per heavy atom. The third-order valence-electron chi connectivity index (χ3n) is 6.08. The lowest BCUT2D eigenvalue weighted by Gasteiger charge is -2.41. The number of nitrogens with one attached hydrogen (secondary N) is 1. The van der Waals surface area contributed by atoms with Gasteiger partial charge in [0.15, 0.2) is 0 Å². The predicted molar refractivity (Wildman–Crippen MR) is 131 cm³/mol. The van der Waals surface area contributed by atoms with E-state index in [0.29, 0.717) is 5.92 Å². The molecule has 2 aliphatic heterocycles. The molecule has 3 rings (SSSR count). The van der Waals surface area contributed by atoms with Gasteiger partial charge in [-0.05, 0) is 64.4 Å². The smallest absolute Gasteiger partial charge is 0.215 e. The van der Waals surface area contributed by atoms with Gasteiger partial charge in [-0.15, -0.1) is 0 Å². The number of piperidine rings is 1. The van der Waals surface area contributed by atoms with Crippen molar-refractivity contribution >= 4 is 21.0 Å². The van der Waals surface area contributed by atoms with E-state index in [1.807, 2.05) is 52.8 Å². The molecule has 2 saturated heterocycles. The fraction of sp³-hybridized carbons (Fsp3) is 0.739. The highest BCUT2D eigenvalue weighted by Crippen LogP contribution is 2.42. The highest BCUT2D eigenvalue weighted by molar-refractivity contribution is 7.89. The van der Waals surface area contributed by atoms with Crippen LogP contribution >= 0.6 is 0 Å². The first-order valence-electron chi connectivity index (χ1n) is 11.5. The molecule has 1 unspecified atom stereocenters. The van der Waals surface area contributed by atoms with Crippen LogP contribution in [0.25, 0.3) is 0 Å². The molecular weight excluding hydrogens is 430 g/mol. The zero-order valence-electron chi connectivity index (χ0n) is 19.7. The molecule has 6 nitrogen and oxygen atoms in total. The van der Waals surface area contributed by atoms with Crippen LogP contribution in [0.4, 0.5) is 0 Å². The summed E-state index contributed by atoms with van der Waals surface area (Å²) in [5, 5.41) is 0. The van der Waals surface area contributed by atoms with Gasteiger partial charge in [-0.25, -0.2) is 17.3 Å². The van der Waals surface area contributed by atoms with E-state index in [-0.39, 0.29) is 35.2 Å². The highest BCUT2D eigenvalue weighted by atomic mass is 32.2. The highest BCUT2D eigenvalue weighted by Gasteiger charge is 2.48. The Balaban J connectivity index is 0.00000166. The number of fused-ring (bicyclic) bond motifs is 2. The lowest BCUT2D eigenvalue weighted by atomic mass is 9.84. The van der Waals surface area contributed by atoms with Gasteiger partial charge in [0.1, 0.15) is 0 Å². The number of hydrogen-bond acceptors (Lipinski definition) is 4. The minimum atomic E-state index is -3.30. The van der Waals surface area contributed by atoms with Crippen molar-refractivity contribution in [3.8, 4) is 0 Å². The Bertz CT molecular complexity index is 795. The van der Waals surface area contributed by atoms with Gasteiger partial charge in [-0.3, -0.25) is 0 Å². The van der Waals surface area contributed by atoms with Crippen LogP contribution in [0.3, 0.4) is 0 Å². The minimum absolute atomic E-state index is 0.0183. The normalized spacial score (nSPS) is 26.1. The molecular formula is C23H41N3O3S2. The summed E-state index contributed by atoms with van der Waals surface area (Å²) in [4.78, 5) is 0. The van der Waals surface area contributed by atoms with Gasteiger partial charge in [0.25, 0.3) is 0 Å². The van der Waals surface area contributed by atoms with Crippen LogP contribution in [-0.2, 0) is 27.4 Å². The molecule has 0 saturated carbocycles. The maximum atomic E-state index is 12.9. The maximum absolute atomic E-state index is 12.9. The summed E-state index contributed by atoms with van der Waals surface area (Å²) in [7, 11) is -4.47. The number of nitrogens with zero attached hydrogens (tertiary/aromatic N) is 1. The average molecular weight is 472 g/mol. The molecule has 2 aliphatic rings. The molecule has 0 amide bonds. The van der Waals surface area contributed by atoms with Gasteiger partial charge in [0.2, 0.25) is 10.0 Å². The van der Waals surface area contributed by atoms with Crippen molar-refractivity contribution in [1.82, 2.24) is 9.03 Å². The number of hydrogen-bond donors (Lipinski definition) is 2. The van der Waals surface area contributed by atoms with E-state index in [1.54, 1.807) is 4.31 Å². The van der Waals surface area contributed by atoms with Crippen LogP contribution in [-0.4, -0.2) is 52.1 Å². The zero-order valence-corrected chi connectivity index (χ0v) is 21.3. The molecule has 5 atom stereocenters. The zero-order chi connectivity index (χ0) is 23.2. The van der Waals surface area contributed by atoms with E-state index >= 15 is 0 Å². The summed E-state index contributed by atoms with van der Waals surface area (Å²) in [6.07, 6.45) is 4.23. The van der Waals surface area contributed by atoms with Crippen molar-refractivity contribution in [1.29, 1.82) is 0 Å². The molecule has 1 aromatic rings. The van der Waals surface area contributed by atoms with Gasteiger partial charge in [-0.1, -0.05) is 44.2 Å². The topological polar surface area (TPSA) is 92.5 Å². The molecule has 3 N–H and O–H groups in total. The molecule has 31 heavy (non-hydrogen) atoms. The number of nitrogens with two attached hydrogens (primary N) is 1. The largest absolute Gasteiger partial charge is 0.329 e. The molecule has 0 radical (unpaired) electrons. The van der Waals surface area contributed by atoms with Crippen molar-refractivity contribution in [2.24, 2.45) is 11.7 Å². The summed E-state index contributed by atoms with van der Waals surface area (Å²) in [6.45, 7) is 10.1. The van der Waals surface area contributed by atoms with E-state index < -0.39 is 21.0 Å². The van der Waals surface area contributed by atoms with E-state index in [1.165, 1.54) is 5.56 Å². The van der Waals surface area contributed by atoms with Crippen LogP contribution in [0, 0.1) is 5.92 Å². The van der Waals surface area contributed by atoms with Crippen molar-refractivity contribution in [3.63, 3.8) is 0 Å². The van der Waals surface area contributed by atoms with Gasteiger partial charge in [0.05, 0.1) is 21.5 Å². The lowest BCUT2D eigenvalue weighted by molar-refractivity contribution is 0.166.